The van der Waals surface area contributed by atoms with Crippen LogP contribution in [0.15, 0.2) is 18.2 Å². The maximum atomic E-state index is 6.23. The minimum atomic E-state index is 0.0320. The van der Waals surface area contributed by atoms with Crippen molar-refractivity contribution in [2.45, 2.75) is 39.2 Å². The summed E-state index contributed by atoms with van der Waals surface area (Å²) in [6.07, 6.45) is 3.35. The van der Waals surface area contributed by atoms with Gasteiger partial charge in [0.15, 0.2) is 0 Å². The van der Waals surface area contributed by atoms with E-state index in [9.17, 15) is 0 Å². The molecule has 1 unspecified atom stereocenters. The zero-order valence-electron chi connectivity index (χ0n) is 11.9. The topological polar surface area (TPSA) is 44.5 Å². The molecule has 0 aliphatic rings. The standard InChI is InChI=1S/C15H25NO2/c1-11(2)6-5-7-14(16)13-9-8-12(17-3)10-15(13)18-4/h8-11,14H,5-7,16H2,1-4H3. The number of hydrogen-bond donors (Lipinski definition) is 1. The van der Waals surface area contributed by atoms with Crippen molar-refractivity contribution in [3.8, 4) is 11.5 Å². The minimum Gasteiger partial charge on any atom is -0.497 e. The Balaban J connectivity index is 2.69. The van der Waals surface area contributed by atoms with Crippen LogP contribution in [0.5, 0.6) is 11.5 Å². The van der Waals surface area contributed by atoms with Crippen molar-refractivity contribution in [1.82, 2.24) is 0 Å². The molecule has 3 nitrogen and oxygen atoms in total. The molecule has 1 atom stereocenters. The Morgan fingerprint density at radius 1 is 1.11 bits per heavy atom. The van der Waals surface area contributed by atoms with Crippen LogP contribution in [0, 0.1) is 5.92 Å². The minimum absolute atomic E-state index is 0.0320. The maximum Gasteiger partial charge on any atom is 0.127 e. The van der Waals surface area contributed by atoms with Gasteiger partial charge in [-0.1, -0.05) is 32.8 Å². The van der Waals surface area contributed by atoms with E-state index in [1.807, 2.05) is 18.2 Å². The van der Waals surface area contributed by atoms with Gasteiger partial charge < -0.3 is 15.2 Å². The zero-order valence-corrected chi connectivity index (χ0v) is 11.9. The van der Waals surface area contributed by atoms with Crippen LogP contribution >= 0.6 is 0 Å². The van der Waals surface area contributed by atoms with Crippen molar-refractivity contribution in [2.75, 3.05) is 14.2 Å². The Bertz CT molecular complexity index is 364. The van der Waals surface area contributed by atoms with E-state index in [0.717, 1.165) is 35.8 Å². The van der Waals surface area contributed by atoms with Crippen LogP contribution in [0.4, 0.5) is 0 Å². The average molecular weight is 251 g/mol. The van der Waals surface area contributed by atoms with Gasteiger partial charge in [-0.2, -0.15) is 0 Å². The van der Waals surface area contributed by atoms with E-state index in [0.29, 0.717) is 0 Å². The molecule has 0 fully saturated rings. The summed E-state index contributed by atoms with van der Waals surface area (Å²) in [4.78, 5) is 0. The summed E-state index contributed by atoms with van der Waals surface area (Å²) in [5.74, 6) is 2.34. The number of hydrogen-bond acceptors (Lipinski definition) is 3. The first kappa shape index (κ1) is 14.8. The lowest BCUT2D eigenvalue weighted by Crippen LogP contribution is -2.12. The molecule has 1 aromatic carbocycles. The average Bonchev–Trinajstić information content (AvgIpc) is 2.37. The monoisotopic (exact) mass is 251 g/mol. The molecule has 0 spiro atoms. The first-order valence-corrected chi connectivity index (χ1v) is 6.56. The van der Waals surface area contributed by atoms with Crippen molar-refractivity contribution in [2.24, 2.45) is 11.7 Å². The molecule has 0 saturated heterocycles. The predicted octanol–water partition coefficient (Wildman–Crippen LogP) is 3.53. The highest BCUT2D eigenvalue weighted by Gasteiger charge is 2.12. The molecule has 2 N–H and O–H groups in total. The van der Waals surface area contributed by atoms with E-state index in [4.69, 9.17) is 15.2 Å². The normalized spacial score (nSPS) is 12.6. The Hall–Kier alpha value is -1.22. The highest BCUT2D eigenvalue weighted by molar-refractivity contribution is 5.42. The van der Waals surface area contributed by atoms with E-state index in [-0.39, 0.29) is 6.04 Å². The zero-order chi connectivity index (χ0) is 13.5. The van der Waals surface area contributed by atoms with Crippen LogP contribution in [-0.2, 0) is 0 Å². The van der Waals surface area contributed by atoms with Crippen LogP contribution in [0.3, 0.4) is 0 Å². The smallest absolute Gasteiger partial charge is 0.127 e. The van der Waals surface area contributed by atoms with Crippen LogP contribution in [0.2, 0.25) is 0 Å². The van der Waals surface area contributed by atoms with Gasteiger partial charge in [-0.05, 0) is 18.4 Å². The Morgan fingerprint density at radius 3 is 2.39 bits per heavy atom. The van der Waals surface area contributed by atoms with Crippen LogP contribution < -0.4 is 15.2 Å². The number of rotatable bonds is 7. The van der Waals surface area contributed by atoms with Crippen LogP contribution in [-0.4, -0.2) is 14.2 Å². The summed E-state index contributed by atoms with van der Waals surface area (Å²) < 4.78 is 10.6. The summed E-state index contributed by atoms with van der Waals surface area (Å²) in [7, 11) is 3.32. The molecule has 0 amide bonds. The molecule has 0 saturated carbocycles. The summed E-state index contributed by atoms with van der Waals surface area (Å²) in [5, 5.41) is 0. The van der Waals surface area contributed by atoms with Gasteiger partial charge in [-0.3, -0.25) is 0 Å². The van der Waals surface area contributed by atoms with Gasteiger partial charge in [0.25, 0.3) is 0 Å². The molecule has 18 heavy (non-hydrogen) atoms. The molecule has 3 heteroatoms. The first-order valence-electron chi connectivity index (χ1n) is 6.56. The van der Waals surface area contributed by atoms with Crippen LogP contribution in [0.1, 0.15) is 44.7 Å². The second kappa shape index (κ2) is 7.27. The van der Waals surface area contributed by atoms with Gasteiger partial charge in [-0.25, -0.2) is 0 Å². The largest absolute Gasteiger partial charge is 0.497 e. The predicted molar refractivity (Wildman–Crippen MR) is 75.2 cm³/mol. The van der Waals surface area contributed by atoms with E-state index >= 15 is 0 Å². The Labute approximate surface area is 110 Å². The summed E-state index contributed by atoms with van der Waals surface area (Å²) in [6.45, 7) is 4.47. The lowest BCUT2D eigenvalue weighted by molar-refractivity contribution is 0.386. The third-order valence-electron chi connectivity index (χ3n) is 3.14. The van der Waals surface area contributed by atoms with E-state index in [2.05, 4.69) is 13.8 Å². The molecular weight excluding hydrogens is 226 g/mol. The molecule has 0 aromatic heterocycles. The second-order valence-electron chi connectivity index (χ2n) is 5.04. The highest BCUT2D eigenvalue weighted by atomic mass is 16.5. The highest BCUT2D eigenvalue weighted by Crippen LogP contribution is 2.30. The summed E-state index contributed by atoms with van der Waals surface area (Å²) >= 11 is 0. The molecule has 0 radical (unpaired) electrons. The molecular formula is C15H25NO2. The Morgan fingerprint density at radius 2 is 1.83 bits per heavy atom. The molecule has 102 valence electrons. The number of methoxy groups -OCH3 is 2. The van der Waals surface area contributed by atoms with Crippen molar-refractivity contribution in [3.05, 3.63) is 23.8 Å². The van der Waals surface area contributed by atoms with E-state index < -0.39 is 0 Å². The van der Waals surface area contributed by atoms with Gasteiger partial charge in [0.1, 0.15) is 11.5 Å². The van der Waals surface area contributed by atoms with Gasteiger partial charge in [0.2, 0.25) is 0 Å². The lowest BCUT2D eigenvalue weighted by atomic mass is 9.98. The SMILES string of the molecule is COc1ccc(C(N)CCCC(C)C)c(OC)c1. The number of ether oxygens (including phenoxy) is 2. The second-order valence-corrected chi connectivity index (χ2v) is 5.04. The molecule has 0 aliphatic heterocycles. The number of nitrogens with two attached hydrogens (primary N) is 1. The van der Waals surface area contributed by atoms with E-state index in [1.54, 1.807) is 14.2 Å². The van der Waals surface area contributed by atoms with E-state index in [1.165, 1.54) is 6.42 Å². The lowest BCUT2D eigenvalue weighted by Gasteiger charge is -2.17. The van der Waals surface area contributed by atoms with Crippen LogP contribution in [0.25, 0.3) is 0 Å². The molecule has 0 bridgehead atoms. The Kier molecular flexibility index (Phi) is 5.99. The number of benzene rings is 1. The summed E-state index contributed by atoms with van der Waals surface area (Å²) in [6, 6.07) is 5.85. The van der Waals surface area contributed by atoms with Gasteiger partial charge in [0, 0.05) is 17.7 Å². The summed E-state index contributed by atoms with van der Waals surface area (Å²) in [5.41, 5.74) is 7.29. The first-order chi connectivity index (χ1) is 8.58. The fraction of sp³-hybridized carbons (Fsp3) is 0.600. The fourth-order valence-electron chi connectivity index (χ4n) is 2.03. The van der Waals surface area contributed by atoms with Gasteiger partial charge in [0.05, 0.1) is 14.2 Å². The fourth-order valence-corrected chi connectivity index (χ4v) is 2.03. The maximum absolute atomic E-state index is 6.23. The third-order valence-corrected chi connectivity index (χ3v) is 3.14. The molecule has 1 rings (SSSR count). The van der Waals surface area contributed by atoms with Crippen molar-refractivity contribution < 1.29 is 9.47 Å². The van der Waals surface area contributed by atoms with Gasteiger partial charge in [-0.15, -0.1) is 0 Å². The molecule has 0 heterocycles. The van der Waals surface area contributed by atoms with Crippen molar-refractivity contribution >= 4 is 0 Å². The van der Waals surface area contributed by atoms with Crippen molar-refractivity contribution in [1.29, 1.82) is 0 Å². The van der Waals surface area contributed by atoms with Gasteiger partial charge >= 0.3 is 0 Å². The van der Waals surface area contributed by atoms with Crippen molar-refractivity contribution in [3.63, 3.8) is 0 Å². The molecule has 1 aromatic rings. The molecule has 0 aliphatic carbocycles. The third kappa shape index (κ3) is 4.22. The quantitative estimate of drug-likeness (QED) is 0.806.